The van der Waals surface area contributed by atoms with E-state index in [0.29, 0.717) is 17.7 Å². The van der Waals surface area contributed by atoms with Crippen LogP contribution < -0.4 is 5.73 Å². The molecule has 0 spiro atoms. The lowest BCUT2D eigenvalue weighted by molar-refractivity contribution is 0.0781. The minimum absolute atomic E-state index is 0.0941. The average molecular weight is 268 g/mol. The van der Waals surface area contributed by atoms with Crippen molar-refractivity contribution in [3.8, 4) is 11.8 Å². The Morgan fingerprint density at radius 3 is 2.95 bits per heavy atom. The summed E-state index contributed by atoms with van der Waals surface area (Å²) in [6.45, 7) is 0.690. The fraction of sp³-hybridized carbons (Fsp3) is 0.200. The first kappa shape index (κ1) is 13.8. The Labute approximate surface area is 117 Å². The molecule has 0 saturated heterocycles. The van der Waals surface area contributed by atoms with Crippen LogP contribution in [0.15, 0.2) is 36.7 Å². The van der Waals surface area contributed by atoms with Crippen LogP contribution in [0.25, 0.3) is 0 Å². The molecule has 20 heavy (non-hydrogen) atoms. The molecule has 102 valence electrons. The van der Waals surface area contributed by atoms with E-state index >= 15 is 0 Å². The topological polar surface area (TPSA) is 75.0 Å². The Bertz CT molecular complexity index is 637. The number of rotatable bonds is 3. The number of aromatic amines is 1. The van der Waals surface area contributed by atoms with Crippen molar-refractivity contribution in [3.63, 3.8) is 0 Å². The Hall–Kier alpha value is -2.58. The van der Waals surface area contributed by atoms with Gasteiger partial charge in [-0.15, -0.1) is 0 Å². The standard InChI is InChI=1S/C15H16N4O/c1-19(11-14-17-9-10-18-14)15(20)13-7-3-2-5-12(13)6-4-8-16/h2-3,5,7,9-10H,8,11,16H2,1H3,(H,17,18). The number of hydrogen-bond donors (Lipinski definition) is 2. The molecule has 1 heterocycles. The number of nitrogens with zero attached hydrogens (tertiary/aromatic N) is 2. The van der Waals surface area contributed by atoms with Crippen LogP contribution in [0.5, 0.6) is 0 Å². The first-order valence-electron chi connectivity index (χ1n) is 6.24. The van der Waals surface area contributed by atoms with E-state index in [1.54, 1.807) is 30.4 Å². The molecule has 0 bridgehead atoms. The molecule has 5 nitrogen and oxygen atoms in total. The smallest absolute Gasteiger partial charge is 0.255 e. The number of carbonyl (C=O) groups excluding carboxylic acids is 1. The maximum Gasteiger partial charge on any atom is 0.255 e. The molecule has 1 amide bonds. The maximum atomic E-state index is 12.4. The Balaban J connectivity index is 2.20. The summed E-state index contributed by atoms with van der Waals surface area (Å²) in [6.07, 6.45) is 3.39. The number of carbonyl (C=O) groups is 1. The third kappa shape index (κ3) is 3.25. The summed E-state index contributed by atoms with van der Waals surface area (Å²) in [5.41, 5.74) is 6.63. The van der Waals surface area contributed by atoms with Crippen molar-refractivity contribution in [2.45, 2.75) is 6.54 Å². The molecule has 1 aromatic carbocycles. The van der Waals surface area contributed by atoms with E-state index in [0.717, 1.165) is 5.82 Å². The van der Waals surface area contributed by atoms with Crippen molar-refractivity contribution in [3.05, 3.63) is 53.6 Å². The van der Waals surface area contributed by atoms with Crippen LogP contribution in [0.4, 0.5) is 0 Å². The van der Waals surface area contributed by atoms with Crippen molar-refractivity contribution < 1.29 is 4.79 Å². The van der Waals surface area contributed by atoms with Crippen molar-refractivity contribution in [2.75, 3.05) is 13.6 Å². The lowest BCUT2D eigenvalue weighted by atomic mass is 10.1. The van der Waals surface area contributed by atoms with Crippen molar-refractivity contribution in [2.24, 2.45) is 5.73 Å². The minimum atomic E-state index is -0.0941. The zero-order valence-electron chi connectivity index (χ0n) is 11.3. The molecule has 5 heteroatoms. The van der Waals surface area contributed by atoms with Gasteiger partial charge in [-0.05, 0) is 12.1 Å². The average Bonchev–Trinajstić information content (AvgIpc) is 2.97. The summed E-state index contributed by atoms with van der Waals surface area (Å²) in [7, 11) is 1.73. The van der Waals surface area contributed by atoms with Gasteiger partial charge in [0.2, 0.25) is 0 Å². The molecule has 0 aliphatic rings. The molecule has 3 N–H and O–H groups in total. The van der Waals surface area contributed by atoms with Crippen LogP contribution >= 0.6 is 0 Å². The van der Waals surface area contributed by atoms with Gasteiger partial charge in [0.05, 0.1) is 18.7 Å². The Morgan fingerprint density at radius 2 is 2.25 bits per heavy atom. The minimum Gasteiger partial charge on any atom is -0.347 e. The van der Waals surface area contributed by atoms with E-state index < -0.39 is 0 Å². The van der Waals surface area contributed by atoms with E-state index in [-0.39, 0.29) is 12.5 Å². The molecule has 0 unspecified atom stereocenters. The molecule has 0 atom stereocenters. The number of nitrogens with one attached hydrogen (secondary N) is 1. The number of H-pyrrole nitrogens is 1. The predicted molar refractivity (Wildman–Crippen MR) is 76.8 cm³/mol. The summed E-state index contributed by atoms with van der Waals surface area (Å²) in [5.74, 6) is 6.34. The number of imidazole rings is 1. The summed E-state index contributed by atoms with van der Waals surface area (Å²) in [6, 6.07) is 7.25. The van der Waals surface area contributed by atoms with Gasteiger partial charge < -0.3 is 15.6 Å². The molecule has 0 radical (unpaired) electrons. The summed E-state index contributed by atoms with van der Waals surface area (Å²) < 4.78 is 0. The number of amides is 1. The Morgan fingerprint density at radius 1 is 1.45 bits per heavy atom. The van der Waals surface area contributed by atoms with Gasteiger partial charge in [-0.3, -0.25) is 4.79 Å². The third-order valence-electron chi connectivity index (χ3n) is 2.77. The van der Waals surface area contributed by atoms with Crippen LogP contribution in [0.1, 0.15) is 21.7 Å². The second kappa shape index (κ2) is 6.55. The van der Waals surface area contributed by atoms with Crippen molar-refractivity contribution >= 4 is 5.91 Å². The first-order chi connectivity index (χ1) is 9.72. The van der Waals surface area contributed by atoms with E-state index in [9.17, 15) is 4.79 Å². The van der Waals surface area contributed by atoms with E-state index in [4.69, 9.17) is 5.73 Å². The number of benzene rings is 1. The molecule has 0 aliphatic carbocycles. The molecular weight excluding hydrogens is 252 g/mol. The molecule has 0 saturated carbocycles. The van der Waals surface area contributed by atoms with Gasteiger partial charge in [0, 0.05) is 25.0 Å². The van der Waals surface area contributed by atoms with E-state index in [1.807, 2.05) is 18.2 Å². The number of hydrogen-bond acceptors (Lipinski definition) is 3. The lowest BCUT2D eigenvalue weighted by Gasteiger charge is -2.16. The maximum absolute atomic E-state index is 12.4. The lowest BCUT2D eigenvalue weighted by Crippen LogP contribution is -2.27. The third-order valence-corrected chi connectivity index (χ3v) is 2.77. The van der Waals surface area contributed by atoms with Crippen LogP contribution in [-0.2, 0) is 6.54 Å². The second-order valence-electron chi connectivity index (χ2n) is 4.25. The van der Waals surface area contributed by atoms with Gasteiger partial charge in [0.25, 0.3) is 5.91 Å². The molecule has 1 aromatic heterocycles. The zero-order valence-corrected chi connectivity index (χ0v) is 11.3. The fourth-order valence-corrected chi connectivity index (χ4v) is 1.81. The number of nitrogens with two attached hydrogens (primary N) is 1. The van der Waals surface area contributed by atoms with Crippen LogP contribution in [0, 0.1) is 11.8 Å². The van der Waals surface area contributed by atoms with Crippen molar-refractivity contribution in [1.29, 1.82) is 0 Å². The van der Waals surface area contributed by atoms with Gasteiger partial charge in [-0.1, -0.05) is 24.0 Å². The van der Waals surface area contributed by atoms with Gasteiger partial charge in [0.1, 0.15) is 5.82 Å². The van der Waals surface area contributed by atoms with Crippen LogP contribution in [0.3, 0.4) is 0 Å². The molecular formula is C15H16N4O. The Kier molecular flexibility index (Phi) is 4.53. The molecule has 2 aromatic rings. The second-order valence-corrected chi connectivity index (χ2v) is 4.25. The van der Waals surface area contributed by atoms with E-state index in [2.05, 4.69) is 21.8 Å². The van der Waals surface area contributed by atoms with Crippen molar-refractivity contribution in [1.82, 2.24) is 14.9 Å². The normalized spacial score (nSPS) is 9.70. The number of aromatic nitrogens is 2. The quantitative estimate of drug-likeness (QED) is 0.815. The monoisotopic (exact) mass is 268 g/mol. The molecule has 2 rings (SSSR count). The van der Waals surface area contributed by atoms with Crippen LogP contribution in [-0.4, -0.2) is 34.4 Å². The van der Waals surface area contributed by atoms with Gasteiger partial charge in [-0.25, -0.2) is 4.98 Å². The zero-order chi connectivity index (χ0) is 14.4. The first-order valence-corrected chi connectivity index (χ1v) is 6.24. The highest BCUT2D eigenvalue weighted by Gasteiger charge is 2.15. The highest BCUT2D eigenvalue weighted by Crippen LogP contribution is 2.11. The SMILES string of the molecule is CN(Cc1ncc[nH]1)C(=O)c1ccccc1C#CCN. The van der Waals surface area contributed by atoms with E-state index in [1.165, 1.54) is 0 Å². The summed E-state index contributed by atoms with van der Waals surface area (Å²) >= 11 is 0. The summed E-state index contributed by atoms with van der Waals surface area (Å²) in [4.78, 5) is 21.1. The summed E-state index contributed by atoms with van der Waals surface area (Å²) in [5, 5.41) is 0. The highest BCUT2D eigenvalue weighted by atomic mass is 16.2. The van der Waals surface area contributed by atoms with Crippen LogP contribution in [0.2, 0.25) is 0 Å². The van der Waals surface area contributed by atoms with Gasteiger partial charge in [0.15, 0.2) is 0 Å². The highest BCUT2D eigenvalue weighted by molar-refractivity contribution is 5.96. The predicted octanol–water partition coefficient (Wildman–Crippen LogP) is 0.992. The largest absolute Gasteiger partial charge is 0.347 e. The molecule has 0 aliphatic heterocycles. The molecule has 0 fully saturated rings. The fourth-order valence-electron chi connectivity index (χ4n) is 1.81. The van der Waals surface area contributed by atoms with Gasteiger partial charge >= 0.3 is 0 Å². The van der Waals surface area contributed by atoms with Gasteiger partial charge in [-0.2, -0.15) is 0 Å².